The van der Waals surface area contributed by atoms with Gasteiger partial charge in [-0.2, -0.15) is 5.26 Å². The highest BCUT2D eigenvalue weighted by atomic mass is 16.6. The lowest BCUT2D eigenvalue weighted by atomic mass is 9.97. The standard InChI is InChI=1S/C14H15N3O4/c1-10(16)7-14(18)21-6-5-12(9-15)11-3-2-4-13(8-11)17(19)20/h2-4,8,12,16H,5-7H2,1H3. The monoisotopic (exact) mass is 289 g/mol. The van der Waals surface area contributed by atoms with Gasteiger partial charge in [0.2, 0.25) is 0 Å². The average molecular weight is 289 g/mol. The Hall–Kier alpha value is -2.75. The molecule has 0 saturated carbocycles. The van der Waals surface area contributed by atoms with Crippen molar-refractivity contribution in [3.8, 4) is 6.07 Å². The number of non-ortho nitro benzene ring substituents is 1. The topological polar surface area (TPSA) is 117 Å². The van der Waals surface area contributed by atoms with Gasteiger partial charge in [-0.3, -0.25) is 14.9 Å². The SMILES string of the molecule is CC(=N)CC(=O)OCCC(C#N)c1cccc([N+](=O)[O-])c1. The first-order chi connectivity index (χ1) is 9.93. The molecular weight excluding hydrogens is 274 g/mol. The smallest absolute Gasteiger partial charge is 0.311 e. The Morgan fingerprint density at radius 2 is 2.29 bits per heavy atom. The molecule has 7 nitrogen and oxygen atoms in total. The predicted octanol–water partition coefficient (Wildman–Crippen LogP) is 2.57. The highest BCUT2D eigenvalue weighted by molar-refractivity contribution is 5.95. The maximum atomic E-state index is 11.3. The van der Waals surface area contributed by atoms with E-state index in [2.05, 4.69) is 0 Å². The Labute approximate surface area is 121 Å². The van der Waals surface area contributed by atoms with Crippen LogP contribution in [-0.4, -0.2) is 23.2 Å². The zero-order valence-corrected chi connectivity index (χ0v) is 11.5. The van der Waals surface area contributed by atoms with Gasteiger partial charge >= 0.3 is 5.97 Å². The molecule has 21 heavy (non-hydrogen) atoms. The molecule has 1 atom stereocenters. The van der Waals surface area contributed by atoms with E-state index >= 15 is 0 Å². The number of esters is 1. The van der Waals surface area contributed by atoms with Crippen LogP contribution in [-0.2, 0) is 9.53 Å². The molecule has 0 spiro atoms. The fourth-order valence-corrected chi connectivity index (χ4v) is 1.72. The van der Waals surface area contributed by atoms with Gasteiger partial charge in [0.15, 0.2) is 0 Å². The number of nitro groups is 1. The number of hydrogen-bond acceptors (Lipinski definition) is 6. The molecule has 1 aromatic carbocycles. The molecule has 110 valence electrons. The Balaban J connectivity index is 2.62. The van der Waals surface area contributed by atoms with Gasteiger partial charge in [-0.05, 0) is 12.5 Å². The fraction of sp³-hybridized carbons (Fsp3) is 0.357. The molecule has 0 aliphatic carbocycles. The first kappa shape index (κ1) is 16.3. The summed E-state index contributed by atoms with van der Waals surface area (Å²) in [5.74, 6) is -1.10. The van der Waals surface area contributed by atoms with Gasteiger partial charge in [0, 0.05) is 24.3 Å². The van der Waals surface area contributed by atoms with Crippen LogP contribution in [0.1, 0.15) is 31.2 Å². The van der Waals surface area contributed by atoms with Gasteiger partial charge in [0.1, 0.15) is 0 Å². The highest BCUT2D eigenvalue weighted by Gasteiger charge is 2.15. The van der Waals surface area contributed by atoms with E-state index < -0.39 is 16.8 Å². The van der Waals surface area contributed by atoms with Crippen LogP contribution >= 0.6 is 0 Å². The van der Waals surface area contributed by atoms with Gasteiger partial charge < -0.3 is 10.1 Å². The molecule has 1 N–H and O–H groups in total. The summed E-state index contributed by atoms with van der Waals surface area (Å²) in [6.07, 6.45) is 0.175. The van der Waals surface area contributed by atoms with E-state index in [1.165, 1.54) is 25.1 Å². The quantitative estimate of drug-likeness (QED) is 0.358. The van der Waals surface area contributed by atoms with Gasteiger partial charge in [0.25, 0.3) is 5.69 Å². The molecule has 0 fully saturated rings. The number of nitrogens with one attached hydrogen (secondary N) is 1. The molecule has 0 aliphatic heterocycles. The third-order valence-corrected chi connectivity index (χ3v) is 2.72. The van der Waals surface area contributed by atoms with Crippen molar-refractivity contribution >= 4 is 17.4 Å². The summed E-state index contributed by atoms with van der Waals surface area (Å²) in [4.78, 5) is 21.4. The Morgan fingerprint density at radius 3 is 2.86 bits per heavy atom. The zero-order chi connectivity index (χ0) is 15.8. The maximum Gasteiger partial charge on any atom is 0.311 e. The van der Waals surface area contributed by atoms with Crippen LogP contribution in [0.25, 0.3) is 0 Å². The predicted molar refractivity (Wildman–Crippen MR) is 75.0 cm³/mol. The largest absolute Gasteiger partial charge is 0.465 e. The number of rotatable bonds is 7. The van der Waals surface area contributed by atoms with Gasteiger partial charge in [0.05, 0.1) is 29.9 Å². The number of carbonyl (C=O) groups excluding carboxylic acids is 1. The van der Waals surface area contributed by atoms with E-state index in [9.17, 15) is 14.9 Å². The van der Waals surface area contributed by atoms with E-state index in [-0.39, 0.29) is 30.8 Å². The third-order valence-electron chi connectivity index (χ3n) is 2.72. The van der Waals surface area contributed by atoms with Crippen molar-refractivity contribution in [3.05, 3.63) is 39.9 Å². The second-order valence-electron chi connectivity index (χ2n) is 4.50. The molecule has 0 aromatic heterocycles. The lowest BCUT2D eigenvalue weighted by Crippen LogP contribution is -2.11. The number of ether oxygens (including phenoxy) is 1. The van der Waals surface area contributed by atoms with Crippen molar-refractivity contribution in [1.82, 2.24) is 0 Å². The Bertz CT molecular complexity index is 592. The van der Waals surface area contributed by atoms with Crippen LogP contribution in [0.15, 0.2) is 24.3 Å². The van der Waals surface area contributed by atoms with Crippen LogP contribution in [0, 0.1) is 26.9 Å². The van der Waals surface area contributed by atoms with Crippen molar-refractivity contribution in [2.75, 3.05) is 6.61 Å². The van der Waals surface area contributed by atoms with Crippen molar-refractivity contribution in [2.45, 2.75) is 25.7 Å². The normalized spacial score (nSPS) is 11.2. The molecule has 0 bridgehead atoms. The number of nitro benzene ring substituents is 1. The molecule has 1 aromatic rings. The molecule has 0 heterocycles. The lowest BCUT2D eigenvalue weighted by molar-refractivity contribution is -0.384. The molecule has 0 aliphatic rings. The summed E-state index contributed by atoms with van der Waals surface area (Å²) >= 11 is 0. The van der Waals surface area contributed by atoms with Crippen molar-refractivity contribution in [2.24, 2.45) is 0 Å². The molecule has 1 rings (SSSR count). The molecule has 0 amide bonds. The van der Waals surface area contributed by atoms with Gasteiger partial charge in [-0.15, -0.1) is 0 Å². The maximum absolute atomic E-state index is 11.3. The summed E-state index contributed by atoms with van der Waals surface area (Å²) < 4.78 is 4.92. The van der Waals surface area contributed by atoms with Crippen molar-refractivity contribution in [1.29, 1.82) is 10.7 Å². The molecule has 0 radical (unpaired) electrons. The zero-order valence-electron chi connectivity index (χ0n) is 11.5. The summed E-state index contributed by atoms with van der Waals surface area (Å²) in [5, 5.41) is 27.0. The van der Waals surface area contributed by atoms with E-state index in [0.29, 0.717) is 5.56 Å². The first-order valence-corrected chi connectivity index (χ1v) is 6.27. The summed E-state index contributed by atoms with van der Waals surface area (Å²) in [5.41, 5.74) is 0.644. The summed E-state index contributed by atoms with van der Waals surface area (Å²) in [6, 6.07) is 7.89. The first-order valence-electron chi connectivity index (χ1n) is 6.27. The number of nitriles is 1. The van der Waals surface area contributed by atoms with E-state index in [1.54, 1.807) is 6.07 Å². The summed E-state index contributed by atoms with van der Waals surface area (Å²) in [6.45, 7) is 1.54. The lowest BCUT2D eigenvalue weighted by Gasteiger charge is -2.10. The molecule has 7 heteroatoms. The van der Waals surface area contributed by atoms with E-state index in [4.69, 9.17) is 15.4 Å². The van der Waals surface area contributed by atoms with E-state index in [0.717, 1.165) is 0 Å². The van der Waals surface area contributed by atoms with Crippen molar-refractivity contribution in [3.63, 3.8) is 0 Å². The van der Waals surface area contributed by atoms with Crippen LogP contribution < -0.4 is 0 Å². The van der Waals surface area contributed by atoms with Crippen LogP contribution in [0.3, 0.4) is 0 Å². The third kappa shape index (κ3) is 5.40. The fourth-order valence-electron chi connectivity index (χ4n) is 1.72. The Morgan fingerprint density at radius 1 is 1.57 bits per heavy atom. The number of nitrogens with zero attached hydrogens (tertiary/aromatic N) is 2. The van der Waals surface area contributed by atoms with Crippen LogP contribution in [0.4, 0.5) is 5.69 Å². The van der Waals surface area contributed by atoms with E-state index in [1.807, 2.05) is 6.07 Å². The number of carbonyl (C=O) groups is 1. The molecule has 0 saturated heterocycles. The minimum absolute atomic E-state index is 0.0348. The highest BCUT2D eigenvalue weighted by Crippen LogP contribution is 2.23. The molecular formula is C14H15N3O4. The molecule has 1 unspecified atom stereocenters. The van der Waals surface area contributed by atoms with Crippen LogP contribution in [0.2, 0.25) is 0 Å². The van der Waals surface area contributed by atoms with Gasteiger partial charge in [-0.25, -0.2) is 0 Å². The second-order valence-corrected chi connectivity index (χ2v) is 4.50. The number of hydrogen-bond donors (Lipinski definition) is 1. The summed E-state index contributed by atoms with van der Waals surface area (Å²) in [7, 11) is 0. The minimum Gasteiger partial charge on any atom is -0.465 e. The second kappa shape index (κ2) is 7.75. The number of benzene rings is 1. The minimum atomic E-state index is -0.584. The Kier molecular flexibility index (Phi) is 6.01. The average Bonchev–Trinajstić information content (AvgIpc) is 2.43. The van der Waals surface area contributed by atoms with Gasteiger partial charge in [-0.1, -0.05) is 12.1 Å². The van der Waals surface area contributed by atoms with Crippen molar-refractivity contribution < 1.29 is 14.5 Å². The van der Waals surface area contributed by atoms with Crippen LogP contribution in [0.5, 0.6) is 0 Å².